The van der Waals surface area contributed by atoms with Crippen molar-refractivity contribution in [3.05, 3.63) is 34.9 Å². The van der Waals surface area contributed by atoms with Gasteiger partial charge in [-0.2, -0.15) is 0 Å². The Hall–Kier alpha value is -4.12. The van der Waals surface area contributed by atoms with E-state index in [0.29, 0.717) is 5.39 Å². The molecule has 0 bridgehead atoms. The van der Waals surface area contributed by atoms with Gasteiger partial charge in [-0.05, 0) is 13.0 Å². The summed E-state index contributed by atoms with van der Waals surface area (Å²) in [5, 5.41) is 22.8. The van der Waals surface area contributed by atoms with Gasteiger partial charge in [0.15, 0.2) is 24.1 Å². The van der Waals surface area contributed by atoms with Gasteiger partial charge < -0.3 is 33.9 Å². The molecule has 0 saturated heterocycles. The van der Waals surface area contributed by atoms with Crippen LogP contribution in [-0.2, 0) is 28.6 Å². The van der Waals surface area contributed by atoms with E-state index in [0.717, 1.165) is 20.8 Å². The highest BCUT2D eigenvalue weighted by Gasteiger charge is 2.61. The second-order valence-electron chi connectivity index (χ2n) is 8.95. The van der Waals surface area contributed by atoms with Gasteiger partial charge in [0.25, 0.3) is 0 Å². The van der Waals surface area contributed by atoms with Crippen molar-refractivity contribution in [1.82, 2.24) is 0 Å². The van der Waals surface area contributed by atoms with Gasteiger partial charge in [0.2, 0.25) is 0 Å². The first-order valence-corrected chi connectivity index (χ1v) is 11.3. The first-order valence-electron chi connectivity index (χ1n) is 11.3. The lowest BCUT2D eigenvalue weighted by molar-refractivity contribution is -0.203. The van der Waals surface area contributed by atoms with Crippen LogP contribution in [0, 0.1) is 0 Å². The van der Waals surface area contributed by atoms with Gasteiger partial charge in [-0.1, -0.05) is 12.1 Å². The summed E-state index contributed by atoms with van der Waals surface area (Å²) < 4.78 is 27.7. The number of ketones is 1. The molecule has 11 nitrogen and oxygen atoms in total. The molecule has 0 fully saturated rings. The number of Topliss-reactive ketones (excluding diaryl/α,β-unsaturated/α-hetero) is 1. The van der Waals surface area contributed by atoms with Gasteiger partial charge >= 0.3 is 17.9 Å². The third kappa shape index (κ3) is 3.86. The summed E-state index contributed by atoms with van der Waals surface area (Å²) in [6.07, 6.45) is -4.69. The lowest BCUT2D eigenvalue weighted by atomic mass is 9.74. The summed E-state index contributed by atoms with van der Waals surface area (Å²) in [6.45, 7) is 4.52. The zero-order valence-electron chi connectivity index (χ0n) is 21.0. The molecule has 37 heavy (non-hydrogen) atoms. The van der Waals surface area contributed by atoms with Crippen molar-refractivity contribution in [2.24, 2.45) is 0 Å². The Bertz CT molecular complexity index is 1380. The van der Waals surface area contributed by atoms with Gasteiger partial charge in [-0.25, -0.2) is 0 Å². The number of phenolic OH excluding ortho intramolecular Hbond substituents is 1. The second kappa shape index (κ2) is 9.07. The van der Waals surface area contributed by atoms with Gasteiger partial charge in [0.05, 0.1) is 30.7 Å². The number of carbonyl (C=O) groups excluding carboxylic acids is 4. The minimum absolute atomic E-state index is 0.00451. The number of benzene rings is 2. The lowest BCUT2D eigenvalue weighted by Gasteiger charge is -2.45. The Morgan fingerprint density at radius 2 is 1.46 bits per heavy atom. The quantitative estimate of drug-likeness (QED) is 0.445. The zero-order chi connectivity index (χ0) is 27.4. The molecule has 4 rings (SSSR count). The third-order valence-corrected chi connectivity index (χ3v) is 6.46. The van der Waals surface area contributed by atoms with E-state index in [4.69, 9.17) is 23.7 Å². The van der Waals surface area contributed by atoms with E-state index in [2.05, 4.69) is 0 Å². The molecule has 2 aromatic rings. The fourth-order valence-corrected chi connectivity index (χ4v) is 5.19. The molecule has 196 valence electrons. The number of methoxy groups -OCH3 is 2. The highest BCUT2D eigenvalue weighted by Crippen LogP contribution is 2.56. The van der Waals surface area contributed by atoms with Crippen LogP contribution in [0.15, 0.2) is 23.8 Å². The highest BCUT2D eigenvalue weighted by molar-refractivity contribution is 6.28. The number of fused-ring (bicyclic) bond motifs is 3. The van der Waals surface area contributed by atoms with Crippen molar-refractivity contribution in [2.45, 2.75) is 51.6 Å². The maximum absolute atomic E-state index is 14.0. The Morgan fingerprint density at radius 3 is 2.00 bits per heavy atom. The van der Waals surface area contributed by atoms with Crippen molar-refractivity contribution < 1.29 is 53.1 Å². The molecule has 0 aliphatic heterocycles. The molecule has 11 heteroatoms. The molecule has 2 aliphatic rings. The van der Waals surface area contributed by atoms with E-state index >= 15 is 0 Å². The number of esters is 3. The van der Waals surface area contributed by atoms with Crippen LogP contribution in [0.25, 0.3) is 16.3 Å². The molecule has 0 aromatic heterocycles. The van der Waals surface area contributed by atoms with Gasteiger partial charge in [-0.15, -0.1) is 0 Å². The molecule has 0 radical (unpaired) electrons. The number of carbonyl (C=O) groups is 4. The molecule has 0 spiro atoms. The van der Waals surface area contributed by atoms with E-state index < -0.39 is 47.6 Å². The Labute approximate surface area is 211 Å². The van der Waals surface area contributed by atoms with Gasteiger partial charge in [-0.3, -0.25) is 19.2 Å². The summed E-state index contributed by atoms with van der Waals surface area (Å²) in [6, 6.07) is 4.61. The van der Waals surface area contributed by atoms with Crippen molar-refractivity contribution in [2.75, 3.05) is 14.2 Å². The van der Waals surface area contributed by atoms with Gasteiger partial charge in [0, 0.05) is 37.3 Å². The van der Waals surface area contributed by atoms with Crippen molar-refractivity contribution in [3.8, 4) is 17.2 Å². The predicted octanol–water partition coefficient (Wildman–Crippen LogP) is 2.07. The third-order valence-electron chi connectivity index (χ3n) is 6.46. The summed E-state index contributed by atoms with van der Waals surface area (Å²) in [4.78, 5) is 50.4. The standard InChI is InChI=1S/C26H26O11/c1-10(27)35-23-17-16-18(22(34-6)15-13(21(16)33-5)8-7-9-14(15)30)20(31)19(17)24(36-11(2)28)26(4,32)25(23)37-12(3)29/h7-9,23-25,30,32H,1-6H3/t23-,24+,25+,26+/m0/s1. The largest absolute Gasteiger partial charge is 0.507 e. The number of rotatable bonds is 5. The molecule has 4 atom stereocenters. The topological polar surface area (TPSA) is 155 Å². The average molecular weight is 514 g/mol. The summed E-state index contributed by atoms with van der Waals surface area (Å²) >= 11 is 0. The Balaban J connectivity index is 2.18. The summed E-state index contributed by atoms with van der Waals surface area (Å²) in [7, 11) is 2.66. The van der Waals surface area contributed by atoms with Crippen molar-refractivity contribution in [1.29, 1.82) is 0 Å². The number of aromatic hydroxyl groups is 1. The molecular formula is C26H26O11. The van der Waals surface area contributed by atoms with E-state index in [-0.39, 0.29) is 44.9 Å². The SMILES string of the molecule is COc1c2c(c(OC)c3c(O)cccc13)C(=O)C1=C2[C@H](OC(C)=O)[C@@H](OC(C)=O)[C@](C)(O)[C@@H]1OC(C)=O. The van der Waals surface area contributed by atoms with Crippen molar-refractivity contribution >= 4 is 40.0 Å². The molecule has 0 saturated carbocycles. The molecule has 0 heterocycles. The van der Waals surface area contributed by atoms with Crippen molar-refractivity contribution in [3.63, 3.8) is 0 Å². The fraction of sp³-hybridized carbons (Fsp3) is 0.385. The zero-order valence-corrected chi connectivity index (χ0v) is 21.0. The number of aliphatic hydroxyl groups is 1. The van der Waals surface area contributed by atoms with Crippen LogP contribution in [0.4, 0.5) is 0 Å². The second-order valence-corrected chi connectivity index (χ2v) is 8.95. The smallest absolute Gasteiger partial charge is 0.303 e. The van der Waals surface area contributed by atoms with Crippen LogP contribution in [0.5, 0.6) is 17.2 Å². The minimum atomic E-state index is -2.20. The van der Waals surface area contributed by atoms with E-state index in [9.17, 15) is 29.4 Å². The first-order chi connectivity index (χ1) is 17.4. The predicted molar refractivity (Wildman–Crippen MR) is 127 cm³/mol. The molecular weight excluding hydrogens is 488 g/mol. The van der Waals surface area contributed by atoms with Crippen LogP contribution in [-0.4, -0.2) is 72.0 Å². The van der Waals surface area contributed by atoms with E-state index in [1.807, 2.05) is 0 Å². The van der Waals surface area contributed by atoms with Crippen LogP contribution in [0.1, 0.15) is 43.6 Å². The maximum Gasteiger partial charge on any atom is 0.303 e. The van der Waals surface area contributed by atoms with Crippen LogP contribution in [0.3, 0.4) is 0 Å². The number of phenols is 1. The van der Waals surface area contributed by atoms with Crippen LogP contribution in [0.2, 0.25) is 0 Å². The lowest BCUT2D eigenvalue weighted by Crippen LogP contribution is -2.62. The van der Waals surface area contributed by atoms with Crippen LogP contribution < -0.4 is 9.47 Å². The Kier molecular flexibility index (Phi) is 6.37. The molecule has 2 N–H and O–H groups in total. The highest BCUT2D eigenvalue weighted by atomic mass is 16.6. The van der Waals surface area contributed by atoms with Gasteiger partial charge in [0.1, 0.15) is 22.8 Å². The molecule has 0 unspecified atom stereocenters. The fourth-order valence-electron chi connectivity index (χ4n) is 5.19. The van der Waals surface area contributed by atoms with E-state index in [1.165, 1.54) is 27.2 Å². The average Bonchev–Trinajstić information content (AvgIpc) is 3.09. The minimum Gasteiger partial charge on any atom is -0.507 e. The summed E-state index contributed by atoms with van der Waals surface area (Å²) in [5.74, 6) is -3.21. The summed E-state index contributed by atoms with van der Waals surface area (Å²) in [5.41, 5.74) is -2.30. The number of hydrogen-bond donors (Lipinski definition) is 2. The van der Waals surface area contributed by atoms with Crippen LogP contribution >= 0.6 is 0 Å². The Morgan fingerprint density at radius 1 is 0.865 bits per heavy atom. The first kappa shape index (κ1) is 26.0. The maximum atomic E-state index is 14.0. The molecule has 2 aromatic carbocycles. The molecule has 2 aliphatic carbocycles. The normalized spacial score (nSPS) is 24.3. The van der Waals surface area contributed by atoms with E-state index in [1.54, 1.807) is 12.1 Å². The number of ether oxygens (including phenoxy) is 5. The monoisotopic (exact) mass is 514 g/mol. The number of hydrogen-bond acceptors (Lipinski definition) is 11. The molecule has 0 amide bonds.